The van der Waals surface area contributed by atoms with E-state index in [0.717, 1.165) is 17.2 Å². The van der Waals surface area contributed by atoms with E-state index >= 15 is 0 Å². The molecule has 1 fully saturated rings. The maximum atomic E-state index is 5.68. The predicted octanol–water partition coefficient (Wildman–Crippen LogP) is 4.34. The molecule has 3 nitrogen and oxygen atoms in total. The molecule has 0 spiro atoms. The SMILES string of the molecule is COc1ccc(C(ON)[C@@H]2C[C@H](C)CC[C@H]2C(C)C)cc1. The summed E-state index contributed by atoms with van der Waals surface area (Å²) in [6.07, 6.45) is 3.77. The van der Waals surface area contributed by atoms with Crippen LogP contribution in [0.5, 0.6) is 5.75 Å². The fourth-order valence-electron chi connectivity index (χ4n) is 3.84. The van der Waals surface area contributed by atoms with E-state index in [1.54, 1.807) is 7.11 Å². The lowest BCUT2D eigenvalue weighted by Gasteiger charge is -2.41. The molecule has 1 aromatic carbocycles. The van der Waals surface area contributed by atoms with Crippen molar-refractivity contribution in [2.75, 3.05) is 7.11 Å². The molecule has 0 aliphatic heterocycles. The van der Waals surface area contributed by atoms with Crippen LogP contribution in [0.15, 0.2) is 24.3 Å². The second-order valence-electron chi connectivity index (χ2n) is 6.82. The Morgan fingerprint density at radius 3 is 2.29 bits per heavy atom. The summed E-state index contributed by atoms with van der Waals surface area (Å²) in [5.41, 5.74) is 1.16. The largest absolute Gasteiger partial charge is 0.497 e. The van der Waals surface area contributed by atoms with Crippen LogP contribution in [-0.4, -0.2) is 7.11 Å². The third-order valence-electron chi connectivity index (χ3n) is 5.05. The normalized spacial score (nSPS) is 27.6. The minimum Gasteiger partial charge on any atom is -0.497 e. The van der Waals surface area contributed by atoms with Gasteiger partial charge in [-0.25, -0.2) is 5.90 Å². The van der Waals surface area contributed by atoms with Gasteiger partial charge in [-0.05, 0) is 54.2 Å². The molecule has 118 valence electrons. The number of rotatable bonds is 5. The van der Waals surface area contributed by atoms with Crippen LogP contribution in [0.2, 0.25) is 0 Å². The summed E-state index contributed by atoms with van der Waals surface area (Å²) in [6, 6.07) is 8.12. The van der Waals surface area contributed by atoms with Crippen LogP contribution < -0.4 is 10.6 Å². The summed E-state index contributed by atoms with van der Waals surface area (Å²) in [6.45, 7) is 6.97. The van der Waals surface area contributed by atoms with Gasteiger partial charge in [-0.2, -0.15) is 0 Å². The summed E-state index contributed by atoms with van der Waals surface area (Å²) >= 11 is 0. The van der Waals surface area contributed by atoms with E-state index in [1.165, 1.54) is 19.3 Å². The second kappa shape index (κ2) is 7.28. The smallest absolute Gasteiger partial charge is 0.118 e. The molecular weight excluding hydrogens is 262 g/mol. The summed E-state index contributed by atoms with van der Waals surface area (Å²) in [7, 11) is 1.68. The Morgan fingerprint density at radius 1 is 1.10 bits per heavy atom. The van der Waals surface area contributed by atoms with Gasteiger partial charge in [0.25, 0.3) is 0 Å². The van der Waals surface area contributed by atoms with Gasteiger partial charge >= 0.3 is 0 Å². The Morgan fingerprint density at radius 2 is 1.76 bits per heavy atom. The Bertz CT molecular complexity index is 429. The van der Waals surface area contributed by atoms with Crippen molar-refractivity contribution in [1.82, 2.24) is 0 Å². The molecule has 0 radical (unpaired) electrons. The van der Waals surface area contributed by atoms with Crippen molar-refractivity contribution < 1.29 is 9.57 Å². The van der Waals surface area contributed by atoms with Crippen molar-refractivity contribution in [3.63, 3.8) is 0 Å². The van der Waals surface area contributed by atoms with Crippen LogP contribution in [0.25, 0.3) is 0 Å². The number of nitrogens with two attached hydrogens (primary N) is 1. The van der Waals surface area contributed by atoms with Crippen molar-refractivity contribution in [3.8, 4) is 5.75 Å². The first-order valence-electron chi connectivity index (χ1n) is 8.06. The minimum absolute atomic E-state index is 0.0222. The van der Waals surface area contributed by atoms with Crippen molar-refractivity contribution in [3.05, 3.63) is 29.8 Å². The van der Waals surface area contributed by atoms with E-state index in [-0.39, 0.29) is 6.10 Å². The van der Waals surface area contributed by atoms with Gasteiger partial charge in [-0.3, -0.25) is 4.84 Å². The lowest BCUT2D eigenvalue weighted by Crippen LogP contribution is -2.34. The molecule has 2 rings (SSSR count). The average Bonchev–Trinajstić information content (AvgIpc) is 2.48. The Hall–Kier alpha value is -1.06. The van der Waals surface area contributed by atoms with Gasteiger partial charge in [0, 0.05) is 0 Å². The highest BCUT2D eigenvalue weighted by molar-refractivity contribution is 5.29. The molecule has 1 aliphatic rings. The monoisotopic (exact) mass is 291 g/mol. The zero-order valence-corrected chi connectivity index (χ0v) is 13.7. The van der Waals surface area contributed by atoms with Gasteiger partial charge in [0.15, 0.2) is 0 Å². The van der Waals surface area contributed by atoms with Gasteiger partial charge in [0.05, 0.1) is 7.11 Å². The maximum Gasteiger partial charge on any atom is 0.118 e. The number of methoxy groups -OCH3 is 1. The van der Waals surface area contributed by atoms with Crippen molar-refractivity contribution in [2.45, 2.75) is 46.1 Å². The van der Waals surface area contributed by atoms with Crippen LogP contribution in [0.3, 0.4) is 0 Å². The Balaban J connectivity index is 2.23. The van der Waals surface area contributed by atoms with Gasteiger partial charge in [0.1, 0.15) is 11.9 Å². The van der Waals surface area contributed by atoms with Crippen LogP contribution in [0, 0.1) is 23.7 Å². The third kappa shape index (κ3) is 3.78. The molecule has 21 heavy (non-hydrogen) atoms. The number of ether oxygens (including phenoxy) is 1. The van der Waals surface area contributed by atoms with Gasteiger partial charge in [-0.15, -0.1) is 0 Å². The first kappa shape index (κ1) is 16.3. The fourth-order valence-corrected chi connectivity index (χ4v) is 3.84. The molecule has 0 aromatic heterocycles. The van der Waals surface area contributed by atoms with Crippen molar-refractivity contribution >= 4 is 0 Å². The average molecular weight is 291 g/mol. The molecule has 0 saturated heterocycles. The van der Waals surface area contributed by atoms with Gasteiger partial charge in [-0.1, -0.05) is 39.3 Å². The van der Waals surface area contributed by atoms with Gasteiger partial charge < -0.3 is 4.74 Å². The van der Waals surface area contributed by atoms with Crippen LogP contribution in [0.1, 0.15) is 51.7 Å². The zero-order valence-electron chi connectivity index (χ0n) is 13.7. The third-order valence-corrected chi connectivity index (χ3v) is 5.05. The predicted molar refractivity (Wildman–Crippen MR) is 85.8 cm³/mol. The molecule has 1 saturated carbocycles. The van der Waals surface area contributed by atoms with E-state index < -0.39 is 0 Å². The molecule has 1 aliphatic carbocycles. The highest BCUT2D eigenvalue weighted by atomic mass is 16.6. The van der Waals surface area contributed by atoms with Gasteiger partial charge in [0.2, 0.25) is 0 Å². The number of hydrogen-bond donors (Lipinski definition) is 1. The topological polar surface area (TPSA) is 44.5 Å². The molecular formula is C18H29NO2. The highest BCUT2D eigenvalue weighted by Crippen LogP contribution is 2.45. The number of benzene rings is 1. The first-order valence-corrected chi connectivity index (χ1v) is 8.06. The molecule has 1 aromatic rings. The minimum atomic E-state index is -0.0222. The van der Waals surface area contributed by atoms with E-state index in [1.807, 2.05) is 12.1 Å². The first-order chi connectivity index (χ1) is 10.1. The van der Waals surface area contributed by atoms with Crippen LogP contribution in [-0.2, 0) is 4.84 Å². The second-order valence-corrected chi connectivity index (χ2v) is 6.82. The van der Waals surface area contributed by atoms with E-state index in [4.69, 9.17) is 15.5 Å². The maximum absolute atomic E-state index is 5.68. The molecule has 4 atom stereocenters. The molecule has 3 heteroatoms. The zero-order chi connectivity index (χ0) is 15.4. The summed E-state index contributed by atoms with van der Waals surface area (Å²) in [5, 5.41) is 0. The fraction of sp³-hybridized carbons (Fsp3) is 0.667. The highest BCUT2D eigenvalue weighted by Gasteiger charge is 2.37. The van der Waals surface area contributed by atoms with Crippen molar-refractivity contribution in [2.24, 2.45) is 29.6 Å². The summed E-state index contributed by atoms with van der Waals surface area (Å²) in [5.74, 6) is 9.14. The quantitative estimate of drug-likeness (QED) is 0.821. The molecule has 2 N–H and O–H groups in total. The van der Waals surface area contributed by atoms with E-state index in [0.29, 0.717) is 17.8 Å². The van der Waals surface area contributed by atoms with E-state index in [9.17, 15) is 0 Å². The Kier molecular flexibility index (Phi) is 5.65. The molecule has 0 bridgehead atoms. The molecule has 1 unspecified atom stereocenters. The Labute approximate surface area is 128 Å². The summed E-state index contributed by atoms with van der Waals surface area (Å²) in [4.78, 5) is 5.44. The molecule has 0 amide bonds. The van der Waals surface area contributed by atoms with Crippen LogP contribution >= 0.6 is 0 Å². The van der Waals surface area contributed by atoms with E-state index in [2.05, 4.69) is 32.9 Å². The van der Waals surface area contributed by atoms with Crippen molar-refractivity contribution in [1.29, 1.82) is 0 Å². The summed E-state index contributed by atoms with van der Waals surface area (Å²) < 4.78 is 5.23. The standard InChI is InChI=1S/C18H29NO2/c1-12(2)16-10-5-13(3)11-17(16)18(21-19)14-6-8-15(20-4)9-7-14/h6-9,12-13,16-18H,5,10-11,19H2,1-4H3/t13-,16+,17-,18?/m1/s1. The lowest BCUT2D eigenvalue weighted by atomic mass is 9.67. The molecule has 0 heterocycles. The van der Waals surface area contributed by atoms with Crippen LogP contribution in [0.4, 0.5) is 0 Å². The lowest BCUT2D eigenvalue weighted by molar-refractivity contribution is -0.0424. The number of hydrogen-bond acceptors (Lipinski definition) is 3.